The fourth-order valence-corrected chi connectivity index (χ4v) is 6.76. The van der Waals surface area contributed by atoms with Crippen LogP contribution < -0.4 is 0 Å². The molecule has 2 heterocycles. The third-order valence-corrected chi connectivity index (χ3v) is 8.45. The van der Waals surface area contributed by atoms with Gasteiger partial charge >= 0.3 is 0 Å². The largest absolute Gasteiger partial charge is 0.309 e. The zero-order valence-corrected chi connectivity index (χ0v) is 21.8. The SMILES string of the molecule is c1ccc(-n2c3ccccc3c3cc4c(cc32)c2ccccc2n4-c2c3ccccc3cc3ccccc23)cc1. The number of nitrogens with zero attached hydrogens (tertiary/aromatic N) is 2. The topological polar surface area (TPSA) is 9.86 Å². The summed E-state index contributed by atoms with van der Waals surface area (Å²) in [6.07, 6.45) is 0. The van der Waals surface area contributed by atoms with Crippen molar-refractivity contribution in [3.05, 3.63) is 146 Å². The van der Waals surface area contributed by atoms with Gasteiger partial charge in [-0.2, -0.15) is 0 Å². The minimum absolute atomic E-state index is 1.18. The van der Waals surface area contributed by atoms with E-state index in [-0.39, 0.29) is 0 Å². The number of hydrogen-bond acceptors (Lipinski definition) is 0. The van der Waals surface area contributed by atoms with Gasteiger partial charge in [0.15, 0.2) is 0 Å². The first-order chi connectivity index (χ1) is 19.9. The van der Waals surface area contributed by atoms with Gasteiger partial charge in [-0.05, 0) is 53.2 Å². The summed E-state index contributed by atoms with van der Waals surface area (Å²) in [5.74, 6) is 0. The Morgan fingerprint density at radius 3 is 1.35 bits per heavy atom. The Hall–Kier alpha value is -5.34. The highest BCUT2D eigenvalue weighted by molar-refractivity contribution is 6.20. The fraction of sp³-hybridized carbons (Fsp3) is 0. The van der Waals surface area contributed by atoms with E-state index in [0.29, 0.717) is 0 Å². The predicted molar refractivity (Wildman–Crippen MR) is 170 cm³/mol. The molecule has 2 heteroatoms. The van der Waals surface area contributed by atoms with E-state index in [1.165, 1.54) is 76.5 Å². The van der Waals surface area contributed by atoms with Crippen molar-refractivity contribution in [2.24, 2.45) is 0 Å². The lowest BCUT2D eigenvalue weighted by molar-refractivity contribution is 1.18. The van der Waals surface area contributed by atoms with E-state index < -0.39 is 0 Å². The van der Waals surface area contributed by atoms with Gasteiger partial charge < -0.3 is 9.13 Å². The Labute approximate surface area is 230 Å². The van der Waals surface area contributed by atoms with Gasteiger partial charge in [-0.25, -0.2) is 0 Å². The Morgan fingerprint density at radius 2 is 0.750 bits per heavy atom. The normalized spacial score (nSPS) is 12.0. The summed E-state index contributed by atoms with van der Waals surface area (Å²) < 4.78 is 4.91. The maximum atomic E-state index is 2.50. The molecular formula is C38H24N2. The second-order valence-electron chi connectivity index (χ2n) is 10.6. The molecule has 0 saturated heterocycles. The molecule has 0 fully saturated rings. The van der Waals surface area contributed by atoms with Crippen molar-refractivity contribution < 1.29 is 0 Å². The van der Waals surface area contributed by atoms with Crippen LogP contribution >= 0.6 is 0 Å². The summed E-state index contributed by atoms with van der Waals surface area (Å²) in [5, 5.41) is 10.1. The minimum Gasteiger partial charge on any atom is -0.309 e. The standard InChI is InChI=1S/C38H24N2/c1-2-14-27(15-3-1)39-34-20-10-8-18-30(34)32-24-37-33(23-36(32)39)31-19-9-11-21-35(31)40(37)38-28-16-6-4-12-25(28)22-26-13-5-7-17-29(26)38/h1-24H. The zero-order valence-electron chi connectivity index (χ0n) is 21.8. The summed E-state index contributed by atoms with van der Waals surface area (Å²) in [6, 6.07) is 53.0. The highest BCUT2D eigenvalue weighted by Crippen LogP contribution is 2.42. The molecule has 0 atom stereocenters. The van der Waals surface area contributed by atoms with Gasteiger partial charge in [-0.3, -0.25) is 0 Å². The molecule has 186 valence electrons. The fourth-order valence-electron chi connectivity index (χ4n) is 6.76. The molecule has 2 aromatic heterocycles. The van der Waals surface area contributed by atoms with Crippen LogP contribution in [-0.4, -0.2) is 9.13 Å². The molecular weight excluding hydrogens is 484 g/mol. The van der Waals surface area contributed by atoms with Crippen molar-refractivity contribution in [1.29, 1.82) is 0 Å². The van der Waals surface area contributed by atoms with Crippen molar-refractivity contribution in [2.45, 2.75) is 0 Å². The van der Waals surface area contributed by atoms with Crippen molar-refractivity contribution in [2.75, 3.05) is 0 Å². The first kappa shape index (κ1) is 21.6. The number of hydrogen-bond donors (Lipinski definition) is 0. The number of fused-ring (bicyclic) bond motifs is 8. The highest BCUT2D eigenvalue weighted by atomic mass is 15.0. The quantitative estimate of drug-likeness (QED) is 0.206. The molecule has 0 N–H and O–H groups in total. The van der Waals surface area contributed by atoms with E-state index in [9.17, 15) is 0 Å². The summed E-state index contributed by atoms with van der Waals surface area (Å²) in [4.78, 5) is 0. The second kappa shape index (κ2) is 8.08. The second-order valence-corrected chi connectivity index (χ2v) is 10.6. The molecule has 0 amide bonds. The van der Waals surface area contributed by atoms with Crippen LogP contribution in [0.2, 0.25) is 0 Å². The number of aromatic nitrogens is 2. The lowest BCUT2D eigenvalue weighted by atomic mass is 10.0. The van der Waals surface area contributed by atoms with Crippen LogP contribution in [0.5, 0.6) is 0 Å². The average Bonchev–Trinajstić information content (AvgIpc) is 3.51. The van der Waals surface area contributed by atoms with Crippen LogP contribution in [0.25, 0.3) is 76.5 Å². The molecule has 0 unspecified atom stereocenters. The third-order valence-electron chi connectivity index (χ3n) is 8.45. The van der Waals surface area contributed by atoms with Gasteiger partial charge in [0, 0.05) is 38.0 Å². The van der Waals surface area contributed by atoms with Crippen LogP contribution in [0.4, 0.5) is 0 Å². The third kappa shape index (κ3) is 2.88. The molecule has 7 aromatic carbocycles. The van der Waals surface area contributed by atoms with Gasteiger partial charge in [0.1, 0.15) is 0 Å². The van der Waals surface area contributed by atoms with Gasteiger partial charge in [0.2, 0.25) is 0 Å². The van der Waals surface area contributed by atoms with Crippen molar-refractivity contribution in [3.8, 4) is 11.4 Å². The van der Waals surface area contributed by atoms with E-state index in [4.69, 9.17) is 0 Å². The lowest BCUT2D eigenvalue weighted by Gasteiger charge is -2.15. The molecule has 0 radical (unpaired) electrons. The Bertz CT molecular complexity index is 2370. The maximum absolute atomic E-state index is 2.50. The molecule has 0 aliphatic heterocycles. The van der Waals surface area contributed by atoms with Crippen molar-refractivity contribution in [3.63, 3.8) is 0 Å². The Balaban J connectivity index is 1.52. The molecule has 0 aliphatic rings. The molecule has 9 rings (SSSR count). The first-order valence-corrected chi connectivity index (χ1v) is 13.8. The molecule has 9 aromatic rings. The van der Waals surface area contributed by atoms with E-state index in [2.05, 4.69) is 155 Å². The maximum Gasteiger partial charge on any atom is 0.0618 e. The monoisotopic (exact) mass is 508 g/mol. The molecule has 0 spiro atoms. The molecule has 2 nitrogen and oxygen atoms in total. The first-order valence-electron chi connectivity index (χ1n) is 13.8. The molecule has 40 heavy (non-hydrogen) atoms. The van der Waals surface area contributed by atoms with Gasteiger partial charge in [-0.15, -0.1) is 0 Å². The summed E-state index contributed by atoms with van der Waals surface area (Å²) in [6.45, 7) is 0. The smallest absolute Gasteiger partial charge is 0.0618 e. The molecule has 0 bridgehead atoms. The average molecular weight is 509 g/mol. The van der Waals surface area contributed by atoms with Crippen LogP contribution in [0.15, 0.2) is 146 Å². The van der Waals surface area contributed by atoms with Gasteiger partial charge in [-0.1, -0.05) is 103 Å². The van der Waals surface area contributed by atoms with Crippen molar-refractivity contribution in [1.82, 2.24) is 9.13 Å². The van der Waals surface area contributed by atoms with E-state index >= 15 is 0 Å². The number of benzene rings is 7. The zero-order chi connectivity index (χ0) is 26.2. The van der Waals surface area contributed by atoms with Crippen LogP contribution in [-0.2, 0) is 0 Å². The van der Waals surface area contributed by atoms with E-state index in [0.717, 1.165) is 0 Å². The lowest BCUT2D eigenvalue weighted by Crippen LogP contribution is -1.97. The molecule has 0 saturated carbocycles. The Kier molecular flexibility index (Phi) is 4.36. The summed E-state index contributed by atoms with van der Waals surface area (Å²) >= 11 is 0. The van der Waals surface area contributed by atoms with Crippen LogP contribution in [0, 0.1) is 0 Å². The minimum atomic E-state index is 1.18. The summed E-state index contributed by atoms with van der Waals surface area (Å²) in [7, 11) is 0. The predicted octanol–water partition coefficient (Wildman–Crippen LogP) is 10.2. The van der Waals surface area contributed by atoms with E-state index in [1.807, 2.05) is 0 Å². The van der Waals surface area contributed by atoms with Crippen LogP contribution in [0.3, 0.4) is 0 Å². The number of rotatable bonds is 2. The molecule has 0 aliphatic carbocycles. The van der Waals surface area contributed by atoms with Crippen LogP contribution in [0.1, 0.15) is 0 Å². The number of para-hydroxylation sites is 3. The van der Waals surface area contributed by atoms with Crippen molar-refractivity contribution >= 4 is 65.2 Å². The van der Waals surface area contributed by atoms with Gasteiger partial charge in [0.05, 0.1) is 27.8 Å². The van der Waals surface area contributed by atoms with E-state index in [1.54, 1.807) is 0 Å². The highest BCUT2D eigenvalue weighted by Gasteiger charge is 2.20. The Morgan fingerprint density at radius 1 is 0.300 bits per heavy atom. The summed E-state index contributed by atoms with van der Waals surface area (Å²) in [5.41, 5.74) is 7.32. The van der Waals surface area contributed by atoms with Gasteiger partial charge in [0.25, 0.3) is 0 Å².